The van der Waals surface area contributed by atoms with Crippen LogP contribution in [0.4, 0.5) is 34.1 Å². The van der Waals surface area contributed by atoms with Gasteiger partial charge in [0, 0.05) is 11.4 Å². The predicted molar refractivity (Wildman–Crippen MR) is 153 cm³/mol. The lowest BCUT2D eigenvalue weighted by Crippen LogP contribution is -2.23. The fourth-order valence-corrected chi connectivity index (χ4v) is 5.58. The molecule has 2 unspecified atom stereocenters. The average Bonchev–Trinajstić information content (AvgIpc) is 3.45. The van der Waals surface area contributed by atoms with Gasteiger partial charge < -0.3 is 31.9 Å². The van der Waals surface area contributed by atoms with Crippen LogP contribution in [-0.4, -0.2) is 34.3 Å². The monoisotopic (exact) mass is 520 g/mol. The zero-order chi connectivity index (χ0) is 25.1. The van der Waals surface area contributed by atoms with E-state index in [2.05, 4.69) is 70.0 Å². The number of nitrogens with one attached hydrogen (secondary N) is 6. The molecular weight excluding hydrogens is 492 g/mol. The predicted octanol–water partition coefficient (Wildman–Crippen LogP) is 5.29. The number of carbonyl (C=O) groups is 2. The molecule has 8 nitrogen and oxygen atoms in total. The Morgan fingerprint density at radius 1 is 0.639 bits per heavy atom. The van der Waals surface area contributed by atoms with Gasteiger partial charge >= 0.3 is 0 Å². The quantitative estimate of drug-likeness (QED) is 0.238. The van der Waals surface area contributed by atoms with Crippen molar-refractivity contribution < 1.29 is 9.59 Å². The molecule has 2 aliphatic heterocycles. The Kier molecular flexibility index (Phi) is 7.15. The van der Waals surface area contributed by atoms with Crippen LogP contribution in [0.2, 0.25) is 0 Å². The smallest absolute Gasteiger partial charge is 0.234 e. The molecule has 10 heteroatoms. The van der Waals surface area contributed by atoms with Crippen LogP contribution in [0.25, 0.3) is 0 Å². The van der Waals surface area contributed by atoms with E-state index in [0.29, 0.717) is 22.9 Å². The van der Waals surface area contributed by atoms with Gasteiger partial charge in [0.15, 0.2) is 0 Å². The van der Waals surface area contributed by atoms with E-state index in [0.717, 1.165) is 22.7 Å². The van der Waals surface area contributed by atoms with Crippen molar-refractivity contribution in [2.45, 2.75) is 24.8 Å². The van der Waals surface area contributed by atoms with Crippen molar-refractivity contribution in [3.63, 3.8) is 0 Å². The van der Waals surface area contributed by atoms with E-state index in [9.17, 15) is 9.59 Å². The zero-order valence-corrected chi connectivity index (χ0v) is 21.6. The van der Waals surface area contributed by atoms with E-state index in [1.54, 1.807) is 24.3 Å². The minimum Gasteiger partial charge on any atom is -0.355 e. The number of hydrogen-bond donors (Lipinski definition) is 6. The molecule has 0 radical (unpaired) electrons. The summed E-state index contributed by atoms with van der Waals surface area (Å²) < 4.78 is 0. The van der Waals surface area contributed by atoms with E-state index < -0.39 is 0 Å². The lowest BCUT2D eigenvalue weighted by atomic mass is 10.2. The van der Waals surface area contributed by atoms with Crippen LogP contribution in [0.1, 0.15) is 11.1 Å². The largest absolute Gasteiger partial charge is 0.355 e. The first-order chi connectivity index (χ1) is 17.4. The van der Waals surface area contributed by atoms with E-state index in [1.807, 2.05) is 12.1 Å². The maximum Gasteiger partial charge on any atom is 0.234 e. The van der Waals surface area contributed by atoms with Crippen LogP contribution in [0.5, 0.6) is 0 Å². The summed E-state index contributed by atoms with van der Waals surface area (Å²) in [6, 6.07) is 19.5. The highest BCUT2D eigenvalue weighted by molar-refractivity contribution is 8.01. The van der Waals surface area contributed by atoms with Gasteiger partial charge in [-0.1, -0.05) is 12.1 Å². The van der Waals surface area contributed by atoms with Crippen LogP contribution in [0.3, 0.4) is 0 Å². The number of aryl methyl sites for hydroxylation is 2. The normalized spacial score (nSPS) is 17.1. The molecule has 5 rings (SSSR count). The van der Waals surface area contributed by atoms with E-state index in [1.165, 1.54) is 34.7 Å². The molecule has 0 saturated carbocycles. The van der Waals surface area contributed by atoms with E-state index >= 15 is 0 Å². The van der Waals surface area contributed by atoms with Crippen molar-refractivity contribution in [2.24, 2.45) is 0 Å². The highest BCUT2D eigenvalue weighted by atomic mass is 32.2. The second-order valence-corrected chi connectivity index (χ2v) is 10.9. The summed E-state index contributed by atoms with van der Waals surface area (Å²) in [5.74, 6) is 0.438. The van der Waals surface area contributed by atoms with Crippen LogP contribution >= 0.6 is 23.5 Å². The second-order valence-electron chi connectivity index (χ2n) is 8.73. The Labute approximate surface area is 218 Å². The Balaban J connectivity index is 1.02. The molecule has 2 aliphatic rings. The topological polar surface area (TPSA) is 106 Å². The first kappa shape index (κ1) is 24.2. The minimum absolute atomic E-state index is 0.0454. The van der Waals surface area contributed by atoms with Gasteiger partial charge in [-0.05, 0) is 73.5 Å². The lowest BCUT2D eigenvalue weighted by molar-refractivity contribution is -0.114. The number of anilines is 6. The lowest BCUT2D eigenvalue weighted by Gasteiger charge is -2.13. The number of rotatable bonds is 8. The molecule has 0 saturated heterocycles. The highest BCUT2D eigenvalue weighted by Gasteiger charge is 2.21. The van der Waals surface area contributed by atoms with Crippen LogP contribution < -0.4 is 31.9 Å². The number of hydrogen-bond acceptors (Lipinski definition) is 8. The van der Waals surface area contributed by atoms with Gasteiger partial charge in [0.25, 0.3) is 0 Å². The third-order valence-corrected chi connectivity index (χ3v) is 7.71. The molecule has 2 atom stereocenters. The first-order valence-corrected chi connectivity index (χ1v) is 13.7. The van der Waals surface area contributed by atoms with Crippen molar-refractivity contribution in [1.29, 1.82) is 0 Å². The van der Waals surface area contributed by atoms with Crippen molar-refractivity contribution >= 4 is 69.5 Å². The second kappa shape index (κ2) is 10.6. The Morgan fingerprint density at radius 2 is 1.03 bits per heavy atom. The molecule has 3 aromatic rings. The van der Waals surface area contributed by atoms with Gasteiger partial charge in [0.2, 0.25) is 11.8 Å². The summed E-state index contributed by atoms with van der Waals surface area (Å²) in [5, 5.41) is 19.3. The first-order valence-electron chi connectivity index (χ1n) is 11.6. The number of amides is 2. The minimum atomic E-state index is -0.0864. The number of carbonyl (C=O) groups excluding carboxylic acids is 2. The van der Waals surface area contributed by atoms with Crippen molar-refractivity contribution in [1.82, 2.24) is 0 Å². The van der Waals surface area contributed by atoms with Crippen molar-refractivity contribution in [3.8, 4) is 0 Å². The molecule has 2 heterocycles. The van der Waals surface area contributed by atoms with E-state index in [-0.39, 0.29) is 22.8 Å². The Hall–Kier alpha value is -3.50. The third-order valence-electron chi connectivity index (χ3n) is 5.71. The van der Waals surface area contributed by atoms with Crippen LogP contribution in [0.15, 0.2) is 60.7 Å². The molecule has 0 bridgehead atoms. The van der Waals surface area contributed by atoms with Gasteiger partial charge in [-0.2, -0.15) is 0 Å². The molecule has 0 fully saturated rings. The Morgan fingerprint density at radius 3 is 1.44 bits per heavy atom. The number of thioether (sulfide) groups is 2. The summed E-state index contributed by atoms with van der Waals surface area (Å²) in [7, 11) is 0. The summed E-state index contributed by atoms with van der Waals surface area (Å²) in [4.78, 5) is 24.8. The summed E-state index contributed by atoms with van der Waals surface area (Å²) in [6.07, 6.45) is 0. The fraction of sp³-hybridized carbons (Fsp3) is 0.231. The molecule has 2 amide bonds. The molecular formula is C26H28N6O2S2. The van der Waals surface area contributed by atoms with Crippen molar-refractivity contribution in [2.75, 3.05) is 43.4 Å². The van der Waals surface area contributed by atoms with Crippen molar-refractivity contribution in [3.05, 3.63) is 71.8 Å². The molecule has 36 heavy (non-hydrogen) atoms. The fourth-order valence-electron chi connectivity index (χ4n) is 3.96. The van der Waals surface area contributed by atoms with Gasteiger partial charge in [-0.25, -0.2) is 0 Å². The Bertz CT molecular complexity index is 1190. The third kappa shape index (κ3) is 6.00. The summed E-state index contributed by atoms with van der Waals surface area (Å²) in [6.45, 7) is 4.10. The molecule has 0 aromatic heterocycles. The summed E-state index contributed by atoms with van der Waals surface area (Å²) in [5.41, 5.74) is 7.86. The zero-order valence-electron chi connectivity index (χ0n) is 20.0. The number of fused-ring (bicyclic) bond motifs is 2. The maximum absolute atomic E-state index is 12.4. The SMILES string of the molecule is Cc1ccc2c(c1)NC(SCC(=O)Nc1ccc(NC(=O)CSC3Nc4ccc(C)cc4N3)cc1)N2. The molecule has 3 aromatic carbocycles. The average molecular weight is 521 g/mol. The van der Waals surface area contributed by atoms with Gasteiger partial charge in [-0.15, -0.1) is 23.5 Å². The van der Waals surface area contributed by atoms with Gasteiger partial charge in [-0.3, -0.25) is 9.59 Å². The highest BCUT2D eigenvalue weighted by Crippen LogP contribution is 2.34. The molecule has 0 spiro atoms. The van der Waals surface area contributed by atoms with E-state index in [4.69, 9.17) is 0 Å². The van der Waals surface area contributed by atoms with Gasteiger partial charge in [0.1, 0.15) is 11.0 Å². The number of benzene rings is 3. The molecule has 186 valence electrons. The maximum atomic E-state index is 12.4. The standard InChI is InChI=1S/C26H28N6O2S2/c1-15-3-9-19-21(11-15)31-25(29-19)35-13-23(33)27-17-5-7-18(8-6-17)28-24(34)14-36-26-30-20-10-4-16(2)12-22(20)32-26/h3-12,25-26,29-32H,13-14H2,1-2H3,(H,27,33)(H,28,34). The molecule has 0 aliphatic carbocycles. The van der Waals surface area contributed by atoms with Gasteiger partial charge in [0.05, 0.1) is 34.3 Å². The van der Waals surface area contributed by atoms with Crippen LogP contribution in [0, 0.1) is 13.8 Å². The van der Waals surface area contributed by atoms with Crippen LogP contribution in [-0.2, 0) is 9.59 Å². The summed E-state index contributed by atoms with van der Waals surface area (Å²) >= 11 is 2.99. The molecule has 6 N–H and O–H groups in total.